The van der Waals surface area contributed by atoms with E-state index >= 15 is 0 Å². The minimum atomic E-state index is -0.351. The minimum Gasteiger partial charge on any atom is -0.481 e. The van der Waals surface area contributed by atoms with Crippen molar-refractivity contribution in [3.8, 4) is 5.88 Å². The number of nitrogens with one attached hydrogen (secondary N) is 2. The highest BCUT2D eigenvalue weighted by Crippen LogP contribution is 2.18. The van der Waals surface area contributed by atoms with Crippen molar-refractivity contribution in [2.45, 2.75) is 18.9 Å². The van der Waals surface area contributed by atoms with Gasteiger partial charge in [0.15, 0.2) is 0 Å². The molecule has 0 bridgehead atoms. The lowest BCUT2D eigenvalue weighted by Crippen LogP contribution is -2.43. The van der Waals surface area contributed by atoms with E-state index in [0.29, 0.717) is 24.8 Å². The van der Waals surface area contributed by atoms with E-state index in [1.807, 2.05) is 0 Å². The third kappa shape index (κ3) is 3.53. The molecule has 1 amide bonds. The van der Waals surface area contributed by atoms with E-state index in [0.717, 1.165) is 12.8 Å². The molecule has 8 nitrogen and oxygen atoms in total. The van der Waals surface area contributed by atoms with Crippen molar-refractivity contribution in [1.82, 2.24) is 19.9 Å². The van der Waals surface area contributed by atoms with Crippen LogP contribution in [0.25, 0.3) is 0 Å². The average molecular weight is 329 g/mol. The maximum atomic E-state index is 12.4. The Labute approximate surface area is 138 Å². The summed E-state index contributed by atoms with van der Waals surface area (Å²) in [6, 6.07) is 5.16. The summed E-state index contributed by atoms with van der Waals surface area (Å²) in [4.78, 5) is 36.5. The molecule has 8 heteroatoms. The van der Waals surface area contributed by atoms with Crippen LogP contribution in [0.15, 0.2) is 35.5 Å². The first kappa shape index (κ1) is 16.0. The molecule has 0 atom stereocenters. The Kier molecular flexibility index (Phi) is 4.74. The molecular formula is C16H19N5O3. The lowest BCUT2D eigenvalue weighted by atomic mass is 10.0. The predicted octanol–water partition coefficient (Wildman–Crippen LogP) is 0.890. The maximum Gasteiger partial charge on any atom is 0.260 e. The van der Waals surface area contributed by atoms with E-state index in [4.69, 9.17) is 4.74 Å². The summed E-state index contributed by atoms with van der Waals surface area (Å²) in [5.41, 5.74) is -0.166. The standard InChI is InChI=1S/C16H19N5O3/c1-24-14-9-13(18-10-19-14)20-11-4-7-21(8-5-11)16(23)12-3-2-6-17-15(12)22/h2-3,6,9-11H,4-5,7-8H2,1H3,(H,17,22)(H,18,19,20). The van der Waals surface area contributed by atoms with Crippen molar-refractivity contribution >= 4 is 11.7 Å². The summed E-state index contributed by atoms with van der Waals surface area (Å²) in [5.74, 6) is 0.980. The van der Waals surface area contributed by atoms with Crippen LogP contribution in [0, 0.1) is 0 Å². The molecule has 1 saturated heterocycles. The molecule has 2 aromatic heterocycles. The summed E-state index contributed by atoms with van der Waals surface area (Å²) in [7, 11) is 1.56. The van der Waals surface area contributed by atoms with Gasteiger partial charge in [0.05, 0.1) is 7.11 Å². The zero-order chi connectivity index (χ0) is 16.9. The van der Waals surface area contributed by atoms with Gasteiger partial charge in [0, 0.05) is 31.4 Å². The molecule has 1 aliphatic rings. The first-order chi connectivity index (χ1) is 11.7. The third-order valence-corrected chi connectivity index (χ3v) is 4.03. The second-order valence-electron chi connectivity index (χ2n) is 5.57. The molecule has 3 rings (SSSR count). The van der Waals surface area contributed by atoms with Crippen molar-refractivity contribution in [1.29, 1.82) is 0 Å². The number of amides is 1. The molecule has 126 valence electrons. The van der Waals surface area contributed by atoms with Crippen molar-refractivity contribution in [2.24, 2.45) is 0 Å². The number of pyridine rings is 1. The third-order valence-electron chi connectivity index (χ3n) is 4.03. The van der Waals surface area contributed by atoms with E-state index in [9.17, 15) is 9.59 Å². The maximum absolute atomic E-state index is 12.4. The van der Waals surface area contributed by atoms with E-state index in [2.05, 4.69) is 20.3 Å². The summed E-state index contributed by atoms with van der Waals surface area (Å²) < 4.78 is 5.08. The molecule has 0 radical (unpaired) electrons. The van der Waals surface area contributed by atoms with Crippen LogP contribution in [0.3, 0.4) is 0 Å². The zero-order valence-electron chi connectivity index (χ0n) is 13.4. The van der Waals surface area contributed by atoms with Gasteiger partial charge in [-0.05, 0) is 25.0 Å². The van der Waals surface area contributed by atoms with Gasteiger partial charge in [0.25, 0.3) is 11.5 Å². The topological polar surface area (TPSA) is 100 Å². The lowest BCUT2D eigenvalue weighted by Gasteiger charge is -2.32. The van der Waals surface area contributed by atoms with Gasteiger partial charge in [-0.1, -0.05) is 0 Å². The fraction of sp³-hybridized carbons (Fsp3) is 0.375. The monoisotopic (exact) mass is 329 g/mol. The van der Waals surface area contributed by atoms with Crippen LogP contribution >= 0.6 is 0 Å². The Morgan fingerprint density at radius 1 is 1.38 bits per heavy atom. The van der Waals surface area contributed by atoms with E-state index in [1.165, 1.54) is 12.5 Å². The molecule has 1 fully saturated rings. The number of H-pyrrole nitrogens is 1. The molecule has 0 aliphatic carbocycles. The number of ether oxygens (including phenoxy) is 1. The molecule has 0 aromatic carbocycles. The molecule has 2 N–H and O–H groups in total. The predicted molar refractivity (Wildman–Crippen MR) is 88.2 cm³/mol. The number of rotatable bonds is 4. The van der Waals surface area contributed by atoms with Crippen LogP contribution in [-0.2, 0) is 0 Å². The molecule has 0 spiro atoms. The van der Waals surface area contributed by atoms with Gasteiger partial charge < -0.3 is 19.9 Å². The highest BCUT2D eigenvalue weighted by atomic mass is 16.5. The van der Waals surface area contributed by atoms with Gasteiger partial charge >= 0.3 is 0 Å². The molecule has 0 unspecified atom stereocenters. The molecular weight excluding hydrogens is 310 g/mol. The summed E-state index contributed by atoms with van der Waals surface area (Å²) in [5, 5.41) is 3.33. The van der Waals surface area contributed by atoms with Gasteiger partial charge in [-0.2, -0.15) is 0 Å². The number of aromatic nitrogens is 3. The van der Waals surface area contributed by atoms with E-state index in [1.54, 1.807) is 30.2 Å². The molecule has 24 heavy (non-hydrogen) atoms. The zero-order valence-corrected chi connectivity index (χ0v) is 13.4. The van der Waals surface area contributed by atoms with Gasteiger partial charge in [0.1, 0.15) is 17.7 Å². The van der Waals surface area contributed by atoms with E-state index in [-0.39, 0.29) is 23.1 Å². The van der Waals surface area contributed by atoms with Crippen LogP contribution in [0.1, 0.15) is 23.2 Å². The quantitative estimate of drug-likeness (QED) is 0.864. The van der Waals surface area contributed by atoms with Crippen molar-refractivity contribution < 1.29 is 9.53 Å². The number of anilines is 1. The van der Waals surface area contributed by atoms with Gasteiger partial charge in [-0.15, -0.1) is 0 Å². The number of likely N-dealkylation sites (tertiary alicyclic amines) is 1. The number of aromatic amines is 1. The fourth-order valence-electron chi connectivity index (χ4n) is 2.73. The number of hydrogen-bond acceptors (Lipinski definition) is 6. The molecule has 0 saturated carbocycles. The van der Waals surface area contributed by atoms with Gasteiger partial charge in [-0.25, -0.2) is 9.97 Å². The van der Waals surface area contributed by atoms with Crippen LogP contribution in [0.4, 0.5) is 5.82 Å². The number of hydrogen-bond donors (Lipinski definition) is 2. The number of carbonyl (C=O) groups excluding carboxylic acids is 1. The van der Waals surface area contributed by atoms with Crippen molar-refractivity contribution in [3.63, 3.8) is 0 Å². The summed E-state index contributed by atoms with van der Waals surface area (Å²) in [6.07, 6.45) is 4.53. The normalized spacial score (nSPS) is 15.1. The number of carbonyl (C=O) groups is 1. The second-order valence-corrected chi connectivity index (χ2v) is 5.57. The molecule has 3 heterocycles. The summed E-state index contributed by atoms with van der Waals surface area (Å²) >= 11 is 0. The van der Waals surface area contributed by atoms with Crippen LogP contribution < -0.4 is 15.6 Å². The number of methoxy groups -OCH3 is 1. The van der Waals surface area contributed by atoms with Crippen LogP contribution in [0.5, 0.6) is 5.88 Å². The minimum absolute atomic E-state index is 0.185. The SMILES string of the molecule is COc1cc(NC2CCN(C(=O)c3ccc[nH]c3=O)CC2)ncn1. The Morgan fingerprint density at radius 2 is 2.17 bits per heavy atom. The highest BCUT2D eigenvalue weighted by molar-refractivity contribution is 5.93. The number of piperidine rings is 1. The summed E-state index contributed by atoms with van der Waals surface area (Å²) in [6.45, 7) is 1.18. The lowest BCUT2D eigenvalue weighted by molar-refractivity contribution is 0.0716. The van der Waals surface area contributed by atoms with Crippen molar-refractivity contribution in [3.05, 3.63) is 46.6 Å². The van der Waals surface area contributed by atoms with Gasteiger partial charge in [0.2, 0.25) is 5.88 Å². The highest BCUT2D eigenvalue weighted by Gasteiger charge is 2.25. The fourth-order valence-corrected chi connectivity index (χ4v) is 2.73. The largest absolute Gasteiger partial charge is 0.481 e. The Hall–Kier alpha value is -2.90. The second kappa shape index (κ2) is 7.12. The van der Waals surface area contributed by atoms with Gasteiger partial charge in [-0.3, -0.25) is 9.59 Å². The number of nitrogens with zero attached hydrogens (tertiary/aromatic N) is 3. The smallest absolute Gasteiger partial charge is 0.260 e. The molecule has 1 aliphatic heterocycles. The first-order valence-electron chi connectivity index (χ1n) is 7.77. The average Bonchev–Trinajstić information content (AvgIpc) is 2.62. The van der Waals surface area contributed by atoms with E-state index < -0.39 is 0 Å². The van der Waals surface area contributed by atoms with Crippen molar-refractivity contribution in [2.75, 3.05) is 25.5 Å². The Bertz CT molecular complexity index is 768. The Morgan fingerprint density at radius 3 is 2.88 bits per heavy atom. The van der Waals surface area contributed by atoms with Crippen LogP contribution in [0.2, 0.25) is 0 Å². The molecule has 2 aromatic rings. The first-order valence-corrected chi connectivity index (χ1v) is 7.77. The van der Waals surface area contributed by atoms with Crippen LogP contribution in [-0.4, -0.2) is 52.0 Å². The Balaban J connectivity index is 1.58.